The van der Waals surface area contributed by atoms with Gasteiger partial charge in [0.15, 0.2) is 0 Å². The Morgan fingerprint density at radius 3 is 2.67 bits per heavy atom. The zero-order chi connectivity index (χ0) is 16.8. The van der Waals surface area contributed by atoms with Crippen LogP contribution in [0.15, 0.2) is 41.4 Å². The number of aliphatic imine (C=N–C) groups is 1. The molecule has 0 aromatic heterocycles. The Morgan fingerprint density at radius 1 is 1.25 bits per heavy atom. The van der Waals surface area contributed by atoms with E-state index in [-0.39, 0.29) is 5.84 Å². The molecular formula is C18H18ClN3O2. The van der Waals surface area contributed by atoms with Crippen LogP contribution < -0.4 is 15.4 Å². The summed E-state index contributed by atoms with van der Waals surface area (Å²) in [6.45, 7) is 0. The molecule has 0 spiro atoms. The highest BCUT2D eigenvalue weighted by molar-refractivity contribution is 6.33. The van der Waals surface area contributed by atoms with Gasteiger partial charge >= 0.3 is 0 Å². The number of amidine groups is 1. The number of hydrogen-bond acceptors (Lipinski definition) is 5. The lowest BCUT2D eigenvalue weighted by molar-refractivity contribution is 0.189. The minimum Gasteiger partial charge on any atom is -0.496 e. The number of methoxy groups -OCH3 is 1. The SMILES string of the molecule is COc1cc(C2CC2)cc2c1C(N)=NC(O)N2c1ccccc1Cl. The summed E-state index contributed by atoms with van der Waals surface area (Å²) in [5.41, 5.74) is 9.40. The van der Waals surface area contributed by atoms with Crippen LogP contribution in [0.4, 0.5) is 11.4 Å². The highest BCUT2D eigenvalue weighted by atomic mass is 35.5. The molecule has 24 heavy (non-hydrogen) atoms. The van der Waals surface area contributed by atoms with Crippen molar-refractivity contribution in [1.82, 2.24) is 0 Å². The second kappa shape index (κ2) is 5.69. The summed E-state index contributed by atoms with van der Waals surface area (Å²) in [6, 6.07) is 11.4. The Labute approximate surface area is 145 Å². The van der Waals surface area contributed by atoms with Gasteiger partial charge < -0.3 is 15.6 Å². The summed E-state index contributed by atoms with van der Waals surface area (Å²) in [7, 11) is 1.62. The minimum atomic E-state index is -1.13. The van der Waals surface area contributed by atoms with E-state index < -0.39 is 6.35 Å². The Bertz CT molecular complexity index is 833. The number of hydrogen-bond donors (Lipinski definition) is 2. The lowest BCUT2D eigenvalue weighted by Crippen LogP contribution is -2.38. The number of fused-ring (bicyclic) bond motifs is 1. The van der Waals surface area contributed by atoms with Crippen molar-refractivity contribution < 1.29 is 9.84 Å². The van der Waals surface area contributed by atoms with Crippen LogP contribution in [0.3, 0.4) is 0 Å². The van der Waals surface area contributed by atoms with Crippen LogP contribution in [0.1, 0.15) is 29.9 Å². The Hall–Kier alpha value is -2.24. The van der Waals surface area contributed by atoms with E-state index in [4.69, 9.17) is 22.1 Å². The fraction of sp³-hybridized carbons (Fsp3) is 0.278. The smallest absolute Gasteiger partial charge is 0.231 e. The van der Waals surface area contributed by atoms with Crippen molar-refractivity contribution in [2.45, 2.75) is 25.1 Å². The molecule has 1 saturated carbocycles. The monoisotopic (exact) mass is 343 g/mol. The van der Waals surface area contributed by atoms with Crippen molar-refractivity contribution in [3.8, 4) is 5.75 Å². The molecule has 3 N–H and O–H groups in total. The summed E-state index contributed by atoms with van der Waals surface area (Å²) in [5.74, 6) is 1.47. The molecule has 124 valence electrons. The van der Waals surface area contributed by atoms with Gasteiger partial charge in [0, 0.05) is 0 Å². The molecule has 1 aliphatic carbocycles. The molecule has 6 heteroatoms. The first-order valence-electron chi connectivity index (χ1n) is 7.87. The molecular weight excluding hydrogens is 326 g/mol. The summed E-state index contributed by atoms with van der Waals surface area (Å²) in [5, 5.41) is 11.1. The number of aliphatic hydroxyl groups excluding tert-OH is 1. The van der Waals surface area contributed by atoms with Crippen LogP contribution in [0.25, 0.3) is 0 Å². The highest BCUT2D eigenvalue weighted by Gasteiger charge is 2.33. The van der Waals surface area contributed by atoms with Crippen molar-refractivity contribution in [3.63, 3.8) is 0 Å². The fourth-order valence-corrected chi connectivity index (χ4v) is 3.38. The maximum Gasteiger partial charge on any atom is 0.231 e. The molecule has 1 atom stereocenters. The van der Waals surface area contributed by atoms with Gasteiger partial charge in [0.25, 0.3) is 0 Å². The predicted octanol–water partition coefficient (Wildman–Crippen LogP) is 3.36. The van der Waals surface area contributed by atoms with Gasteiger partial charge in [-0.25, -0.2) is 4.99 Å². The maximum absolute atomic E-state index is 10.5. The average Bonchev–Trinajstić information content (AvgIpc) is 3.40. The van der Waals surface area contributed by atoms with E-state index in [2.05, 4.69) is 11.1 Å². The molecule has 0 bridgehead atoms. The van der Waals surface area contributed by atoms with E-state index >= 15 is 0 Å². The molecule has 1 aliphatic heterocycles. The van der Waals surface area contributed by atoms with Crippen LogP contribution in [0.5, 0.6) is 5.75 Å². The van der Waals surface area contributed by atoms with Crippen molar-refractivity contribution in [2.24, 2.45) is 10.7 Å². The first-order valence-corrected chi connectivity index (χ1v) is 8.25. The molecule has 1 heterocycles. The third-order valence-electron chi connectivity index (χ3n) is 4.49. The highest BCUT2D eigenvalue weighted by Crippen LogP contribution is 2.47. The summed E-state index contributed by atoms with van der Waals surface area (Å²) in [4.78, 5) is 5.86. The molecule has 2 aromatic carbocycles. The Kier molecular flexibility index (Phi) is 3.62. The van der Waals surface area contributed by atoms with E-state index in [0.717, 1.165) is 5.69 Å². The van der Waals surface area contributed by atoms with E-state index in [0.29, 0.717) is 27.9 Å². The van der Waals surface area contributed by atoms with Crippen LogP contribution in [-0.4, -0.2) is 24.4 Å². The van der Waals surface area contributed by atoms with Gasteiger partial charge in [-0.05, 0) is 48.6 Å². The number of anilines is 2. The van der Waals surface area contributed by atoms with Crippen LogP contribution >= 0.6 is 11.6 Å². The zero-order valence-corrected chi connectivity index (χ0v) is 14.0. The second-order valence-electron chi connectivity index (χ2n) is 6.07. The molecule has 0 saturated heterocycles. The molecule has 1 fully saturated rings. The number of halogens is 1. The Balaban J connectivity index is 1.95. The van der Waals surface area contributed by atoms with Crippen LogP contribution in [0.2, 0.25) is 5.02 Å². The van der Waals surface area contributed by atoms with Gasteiger partial charge in [0.1, 0.15) is 11.6 Å². The first kappa shape index (κ1) is 15.3. The molecule has 0 amide bonds. The van der Waals surface area contributed by atoms with Crippen LogP contribution in [0, 0.1) is 0 Å². The number of para-hydroxylation sites is 1. The molecule has 2 aromatic rings. The van der Waals surface area contributed by atoms with Gasteiger partial charge in [-0.15, -0.1) is 0 Å². The van der Waals surface area contributed by atoms with Crippen molar-refractivity contribution >= 4 is 28.8 Å². The minimum absolute atomic E-state index is 0.264. The van der Waals surface area contributed by atoms with Crippen molar-refractivity contribution in [1.29, 1.82) is 0 Å². The Morgan fingerprint density at radius 2 is 2.00 bits per heavy atom. The molecule has 2 aliphatic rings. The number of nitrogens with zero attached hydrogens (tertiary/aromatic N) is 2. The van der Waals surface area contributed by atoms with Gasteiger partial charge in [-0.3, -0.25) is 4.90 Å². The number of rotatable bonds is 3. The third kappa shape index (κ3) is 2.41. The van der Waals surface area contributed by atoms with E-state index in [1.807, 2.05) is 24.3 Å². The van der Waals surface area contributed by atoms with Gasteiger partial charge in [0.2, 0.25) is 6.35 Å². The van der Waals surface area contributed by atoms with Gasteiger partial charge in [0.05, 0.1) is 29.1 Å². The number of nitrogens with two attached hydrogens (primary N) is 1. The fourth-order valence-electron chi connectivity index (χ4n) is 3.15. The molecule has 0 radical (unpaired) electrons. The van der Waals surface area contributed by atoms with Gasteiger partial charge in [-0.1, -0.05) is 23.7 Å². The third-order valence-corrected chi connectivity index (χ3v) is 4.81. The number of aliphatic hydroxyl groups is 1. The maximum atomic E-state index is 10.5. The lowest BCUT2D eigenvalue weighted by atomic mass is 10.0. The van der Waals surface area contributed by atoms with E-state index in [1.165, 1.54) is 18.4 Å². The van der Waals surface area contributed by atoms with Crippen LogP contribution in [-0.2, 0) is 0 Å². The normalized spacial score (nSPS) is 19.7. The molecule has 1 unspecified atom stereocenters. The average molecular weight is 344 g/mol. The summed E-state index contributed by atoms with van der Waals surface area (Å²) >= 11 is 6.35. The zero-order valence-electron chi connectivity index (χ0n) is 13.2. The van der Waals surface area contributed by atoms with Gasteiger partial charge in [-0.2, -0.15) is 0 Å². The summed E-state index contributed by atoms with van der Waals surface area (Å²) in [6.07, 6.45) is 1.21. The topological polar surface area (TPSA) is 71.1 Å². The lowest BCUT2D eigenvalue weighted by Gasteiger charge is -2.34. The molecule has 5 nitrogen and oxygen atoms in total. The summed E-state index contributed by atoms with van der Waals surface area (Å²) < 4.78 is 5.55. The standard InChI is InChI=1S/C18H18ClN3O2/c1-24-15-9-11(10-6-7-10)8-14-16(15)17(20)21-18(23)22(14)13-5-3-2-4-12(13)19/h2-5,8-10,18,23H,6-7H2,1H3,(H2,20,21). The van der Waals surface area contributed by atoms with Crippen molar-refractivity contribution in [3.05, 3.63) is 52.5 Å². The number of ether oxygens (including phenoxy) is 1. The predicted molar refractivity (Wildman–Crippen MR) is 95.3 cm³/mol. The quantitative estimate of drug-likeness (QED) is 0.896. The second-order valence-corrected chi connectivity index (χ2v) is 6.48. The molecule has 4 rings (SSSR count). The first-order chi connectivity index (χ1) is 11.6. The largest absolute Gasteiger partial charge is 0.496 e. The van der Waals surface area contributed by atoms with E-state index in [1.54, 1.807) is 18.1 Å². The van der Waals surface area contributed by atoms with Crippen molar-refractivity contribution in [2.75, 3.05) is 12.0 Å². The van der Waals surface area contributed by atoms with E-state index in [9.17, 15) is 5.11 Å². The number of benzene rings is 2.